The number of anilines is 2. The number of rotatable bonds is 4. The minimum Gasteiger partial charge on any atom is -0.454 e. The lowest BCUT2D eigenvalue weighted by Crippen LogP contribution is -2.52. The van der Waals surface area contributed by atoms with E-state index in [4.69, 9.17) is 9.47 Å². The molecule has 3 aliphatic rings. The Labute approximate surface area is 189 Å². The highest BCUT2D eigenvalue weighted by Crippen LogP contribution is 2.40. The Kier molecular flexibility index (Phi) is 5.65. The first-order valence-electron chi connectivity index (χ1n) is 10.7. The Bertz CT molecular complexity index is 1070. The Morgan fingerprint density at radius 1 is 1.03 bits per heavy atom. The zero-order valence-electron chi connectivity index (χ0n) is 17.4. The van der Waals surface area contributed by atoms with Gasteiger partial charge in [0.1, 0.15) is 6.54 Å². The van der Waals surface area contributed by atoms with E-state index in [2.05, 4.69) is 5.32 Å². The van der Waals surface area contributed by atoms with E-state index in [1.165, 1.54) is 16.7 Å². The maximum absolute atomic E-state index is 13.4. The van der Waals surface area contributed by atoms with Gasteiger partial charge in [0, 0.05) is 29.7 Å². The third-order valence-electron chi connectivity index (χ3n) is 5.74. The van der Waals surface area contributed by atoms with E-state index in [-0.39, 0.29) is 31.1 Å². The summed E-state index contributed by atoms with van der Waals surface area (Å²) in [4.78, 5) is 43.3. The van der Waals surface area contributed by atoms with E-state index in [0.717, 1.165) is 24.2 Å². The number of ether oxygens (including phenoxy) is 2. The van der Waals surface area contributed by atoms with Gasteiger partial charge >= 0.3 is 0 Å². The summed E-state index contributed by atoms with van der Waals surface area (Å²) >= 11 is 1.27. The summed E-state index contributed by atoms with van der Waals surface area (Å²) in [6.45, 7) is 1.31. The van der Waals surface area contributed by atoms with Gasteiger partial charge in [-0.25, -0.2) is 0 Å². The molecule has 1 N–H and O–H groups in total. The highest BCUT2D eigenvalue weighted by molar-refractivity contribution is 8.01. The fraction of sp³-hybridized carbons (Fsp3) is 0.348. The van der Waals surface area contributed by atoms with Crippen molar-refractivity contribution < 1.29 is 23.9 Å². The van der Waals surface area contributed by atoms with Crippen molar-refractivity contribution in [3.8, 4) is 11.5 Å². The second kappa shape index (κ2) is 8.74. The molecule has 2 aromatic rings. The van der Waals surface area contributed by atoms with Crippen molar-refractivity contribution in [1.29, 1.82) is 0 Å². The first kappa shape index (κ1) is 20.7. The van der Waals surface area contributed by atoms with Crippen molar-refractivity contribution >= 4 is 40.9 Å². The Balaban J connectivity index is 1.34. The molecule has 0 aromatic heterocycles. The Morgan fingerprint density at radius 3 is 2.66 bits per heavy atom. The Hall–Kier alpha value is -3.20. The van der Waals surface area contributed by atoms with Crippen LogP contribution in [-0.2, 0) is 14.4 Å². The van der Waals surface area contributed by atoms with Gasteiger partial charge in [0.15, 0.2) is 16.7 Å². The molecule has 3 heterocycles. The van der Waals surface area contributed by atoms with E-state index in [0.29, 0.717) is 36.0 Å². The van der Waals surface area contributed by atoms with Gasteiger partial charge in [0.2, 0.25) is 18.6 Å². The minimum absolute atomic E-state index is 0.149. The normalized spacial score (nSPS) is 19.5. The molecule has 3 amide bonds. The van der Waals surface area contributed by atoms with E-state index < -0.39 is 5.25 Å². The third kappa shape index (κ3) is 4.00. The highest BCUT2D eigenvalue weighted by atomic mass is 32.2. The second-order valence-electron chi connectivity index (χ2n) is 7.89. The van der Waals surface area contributed by atoms with E-state index in [1.54, 1.807) is 29.2 Å². The fourth-order valence-electron chi connectivity index (χ4n) is 4.14. The number of hydrogen-bond donors (Lipinski definition) is 1. The number of hydrogen-bond acceptors (Lipinski definition) is 6. The van der Waals surface area contributed by atoms with Crippen LogP contribution >= 0.6 is 11.8 Å². The van der Waals surface area contributed by atoms with Gasteiger partial charge in [0.05, 0.1) is 5.69 Å². The number of likely N-dealkylation sites (tertiary alicyclic amines) is 1. The van der Waals surface area contributed by atoms with Crippen LogP contribution in [0.3, 0.4) is 0 Å². The Morgan fingerprint density at radius 2 is 1.81 bits per heavy atom. The van der Waals surface area contributed by atoms with Crippen LogP contribution < -0.4 is 19.7 Å². The van der Waals surface area contributed by atoms with Crippen LogP contribution in [-0.4, -0.2) is 54.3 Å². The van der Waals surface area contributed by atoms with Crippen molar-refractivity contribution in [1.82, 2.24) is 4.90 Å². The van der Waals surface area contributed by atoms with Crippen LogP contribution in [0.15, 0.2) is 47.4 Å². The third-order valence-corrected chi connectivity index (χ3v) is 6.98. The molecular weight excluding hydrogens is 430 g/mol. The number of carbonyl (C=O) groups excluding carboxylic acids is 3. The predicted octanol–water partition coefficient (Wildman–Crippen LogP) is 2.87. The van der Waals surface area contributed by atoms with Crippen molar-refractivity contribution in [3.05, 3.63) is 42.5 Å². The molecule has 5 rings (SSSR count). The molecule has 3 aliphatic heterocycles. The van der Waals surface area contributed by atoms with Crippen LogP contribution in [0.25, 0.3) is 0 Å². The molecule has 0 aliphatic carbocycles. The fourth-order valence-corrected chi connectivity index (χ4v) is 5.32. The van der Waals surface area contributed by atoms with E-state index >= 15 is 0 Å². The molecule has 9 heteroatoms. The number of amides is 3. The van der Waals surface area contributed by atoms with Crippen molar-refractivity contribution in [2.75, 3.05) is 36.6 Å². The summed E-state index contributed by atoms with van der Waals surface area (Å²) < 4.78 is 10.6. The summed E-state index contributed by atoms with van der Waals surface area (Å²) in [5.41, 5.74) is 1.19. The van der Waals surface area contributed by atoms with Gasteiger partial charge in [0.25, 0.3) is 5.91 Å². The van der Waals surface area contributed by atoms with Crippen LogP contribution in [0, 0.1) is 0 Å². The van der Waals surface area contributed by atoms with Crippen molar-refractivity contribution in [2.45, 2.75) is 29.4 Å². The van der Waals surface area contributed by atoms with Gasteiger partial charge in [-0.05, 0) is 43.5 Å². The summed E-state index contributed by atoms with van der Waals surface area (Å²) in [5.74, 6) is 0.300. The van der Waals surface area contributed by atoms with Gasteiger partial charge < -0.3 is 24.6 Å². The van der Waals surface area contributed by atoms with Gasteiger partial charge in [-0.2, -0.15) is 0 Å². The number of carbonyl (C=O) groups is 3. The van der Waals surface area contributed by atoms with Crippen molar-refractivity contribution in [3.63, 3.8) is 0 Å². The van der Waals surface area contributed by atoms with Crippen LogP contribution in [0.2, 0.25) is 0 Å². The molecule has 0 spiro atoms. The first-order chi connectivity index (χ1) is 15.6. The maximum Gasteiger partial charge on any atom is 0.250 e. The molecule has 1 saturated heterocycles. The first-order valence-corrected chi connectivity index (χ1v) is 11.5. The molecule has 1 atom stereocenters. The van der Waals surface area contributed by atoms with Crippen LogP contribution in [0.4, 0.5) is 11.4 Å². The number of nitrogens with one attached hydrogen (secondary N) is 1. The monoisotopic (exact) mass is 453 g/mol. The summed E-state index contributed by atoms with van der Waals surface area (Å²) in [7, 11) is 0. The lowest BCUT2D eigenvalue weighted by molar-refractivity contribution is -0.135. The molecule has 1 unspecified atom stereocenters. The van der Waals surface area contributed by atoms with Crippen LogP contribution in [0.1, 0.15) is 19.3 Å². The molecule has 1 fully saturated rings. The standard InChI is InChI=1S/C23H23N3O5S/c27-20(24-15-8-9-17-18(12-15)31-14-30-17)13-26-16-6-2-3-7-19(16)32-21(23(26)29)22(28)25-10-4-1-5-11-25/h2-3,6-9,12,21H,1,4-5,10-11,13-14H2,(H,24,27). The summed E-state index contributed by atoms with van der Waals surface area (Å²) in [5, 5.41) is 1.93. The number of piperidine rings is 1. The topological polar surface area (TPSA) is 88.2 Å². The lowest BCUT2D eigenvalue weighted by atomic mass is 10.1. The average molecular weight is 454 g/mol. The van der Waals surface area contributed by atoms with Gasteiger partial charge in [-0.3, -0.25) is 14.4 Å². The molecule has 32 heavy (non-hydrogen) atoms. The molecule has 2 aromatic carbocycles. The molecule has 166 valence electrons. The lowest BCUT2D eigenvalue weighted by Gasteiger charge is -2.36. The highest BCUT2D eigenvalue weighted by Gasteiger charge is 2.41. The molecule has 8 nitrogen and oxygen atoms in total. The number of benzene rings is 2. The number of fused-ring (bicyclic) bond motifs is 2. The van der Waals surface area contributed by atoms with E-state index in [1.807, 2.05) is 18.2 Å². The molecule has 0 bridgehead atoms. The van der Waals surface area contributed by atoms with Gasteiger partial charge in [-0.15, -0.1) is 11.8 Å². The number of nitrogens with zero attached hydrogens (tertiary/aromatic N) is 2. The molecule has 0 saturated carbocycles. The average Bonchev–Trinajstić information content (AvgIpc) is 3.29. The zero-order valence-corrected chi connectivity index (χ0v) is 18.2. The van der Waals surface area contributed by atoms with Crippen LogP contribution in [0.5, 0.6) is 11.5 Å². The quantitative estimate of drug-likeness (QED) is 0.717. The summed E-state index contributed by atoms with van der Waals surface area (Å²) in [6, 6.07) is 12.5. The SMILES string of the molecule is O=C(CN1C(=O)C(C(=O)N2CCCCC2)Sc2ccccc21)Nc1ccc2c(c1)OCO2. The van der Waals surface area contributed by atoms with Crippen molar-refractivity contribution in [2.24, 2.45) is 0 Å². The minimum atomic E-state index is -0.874. The predicted molar refractivity (Wildman–Crippen MR) is 120 cm³/mol. The number of para-hydroxylation sites is 1. The largest absolute Gasteiger partial charge is 0.454 e. The zero-order chi connectivity index (χ0) is 22.1. The van der Waals surface area contributed by atoms with E-state index in [9.17, 15) is 14.4 Å². The maximum atomic E-state index is 13.4. The molecule has 0 radical (unpaired) electrons. The summed E-state index contributed by atoms with van der Waals surface area (Å²) in [6.07, 6.45) is 3.01. The van der Waals surface area contributed by atoms with Gasteiger partial charge in [-0.1, -0.05) is 12.1 Å². The number of thioether (sulfide) groups is 1. The smallest absolute Gasteiger partial charge is 0.250 e. The second-order valence-corrected chi connectivity index (χ2v) is 9.04. The molecular formula is C23H23N3O5S.